The molecule has 5 nitrogen and oxygen atoms in total. The summed E-state index contributed by atoms with van der Waals surface area (Å²) in [4.78, 5) is 29.7. The molecule has 4 rings (SSSR count). The molecule has 1 atom stereocenters. The van der Waals surface area contributed by atoms with Gasteiger partial charge in [-0.2, -0.15) is 0 Å². The molecule has 1 aliphatic heterocycles. The van der Waals surface area contributed by atoms with Crippen molar-refractivity contribution in [1.29, 1.82) is 0 Å². The van der Waals surface area contributed by atoms with Gasteiger partial charge in [-0.3, -0.25) is 14.5 Å². The standard InChI is InChI=1S/C21H21N3O2/c25-20-12-18(17-8-4-5-9-19(17)23-20)21(26)22-16-10-11-24(14-16)13-15-6-2-1-3-7-15/h1-9,12,16H,10-11,13-14H2,(H,22,26)(H,23,25). The first kappa shape index (κ1) is 16.5. The maximum atomic E-state index is 12.7. The highest BCUT2D eigenvalue weighted by Gasteiger charge is 2.25. The Morgan fingerprint density at radius 3 is 2.73 bits per heavy atom. The second-order valence-corrected chi connectivity index (χ2v) is 6.77. The molecule has 2 heterocycles. The van der Waals surface area contributed by atoms with Crippen LogP contribution in [0.25, 0.3) is 10.9 Å². The third-order valence-corrected chi connectivity index (χ3v) is 4.85. The van der Waals surface area contributed by atoms with Crippen molar-refractivity contribution in [2.45, 2.75) is 19.0 Å². The Morgan fingerprint density at radius 1 is 1.12 bits per heavy atom. The average molecular weight is 347 g/mol. The van der Waals surface area contributed by atoms with Crippen LogP contribution in [0.15, 0.2) is 65.5 Å². The number of hydrogen-bond acceptors (Lipinski definition) is 3. The van der Waals surface area contributed by atoms with Crippen molar-refractivity contribution in [2.75, 3.05) is 13.1 Å². The van der Waals surface area contributed by atoms with E-state index in [1.165, 1.54) is 11.6 Å². The number of nitrogens with zero attached hydrogens (tertiary/aromatic N) is 1. The van der Waals surface area contributed by atoms with Crippen molar-refractivity contribution in [3.63, 3.8) is 0 Å². The minimum absolute atomic E-state index is 0.101. The second-order valence-electron chi connectivity index (χ2n) is 6.77. The molecule has 1 saturated heterocycles. The van der Waals surface area contributed by atoms with Crippen molar-refractivity contribution in [3.05, 3.63) is 82.1 Å². The predicted molar refractivity (Wildman–Crippen MR) is 102 cm³/mol. The van der Waals surface area contributed by atoms with Crippen LogP contribution in [0, 0.1) is 0 Å². The van der Waals surface area contributed by atoms with Crippen LogP contribution in [0.1, 0.15) is 22.3 Å². The largest absolute Gasteiger partial charge is 0.348 e. The van der Waals surface area contributed by atoms with E-state index < -0.39 is 0 Å². The Bertz CT molecular complexity index is 981. The smallest absolute Gasteiger partial charge is 0.252 e. The summed E-state index contributed by atoms with van der Waals surface area (Å²) in [6, 6.07) is 19.2. The highest BCUT2D eigenvalue weighted by molar-refractivity contribution is 6.06. The molecule has 3 aromatic rings. The summed E-state index contributed by atoms with van der Waals surface area (Å²) in [6.07, 6.45) is 0.916. The number of likely N-dealkylation sites (tertiary alicyclic amines) is 1. The number of H-pyrrole nitrogens is 1. The fourth-order valence-corrected chi connectivity index (χ4v) is 3.59. The van der Waals surface area contributed by atoms with Crippen LogP contribution in [0.5, 0.6) is 0 Å². The number of carbonyl (C=O) groups is 1. The van der Waals surface area contributed by atoms with E-state index in [2.05, 4.69) is 27.3 Å². The van der Waals surface area contributed by atoms with Gasteiger partial charge in [0.25, 0.3) is 5.91 Å². The topological polar surface area (TPSA) is 65.2 Å². The fraction of sp³-hybridized carbons (Fsp3) is 0.238. The van der Waals surface area contributed by atoms with Gasteiger partial charge in [0, 0.05) is 42.6 Å². The van der Waals surface area contributed by atoms with Crippen LogP contribution in [0.3, 0.4) is 0 Å². The van der Waals surface area contributed by atoms with E-state index in [1.807, 2.05) is 42.5 Å². The molecular weight excluding hydrogens is 326 g/mol. The third kappa shape index (κ3) is 3.53. The summed E-state index contributed by atoms with van der Waals surface area (Å²) in [7, 11) is 0. The van der Waals surface area contributed by atoms with Gasteiger partial charge in [0.05, 0.1) is 5.56 Å². The van der Waals surface area contributed by atoms with Crippen LogP contribution in [0.4, 0.5) is 0 Å². The van der Waals surface area contributed by atoms with E-state index in [0.717, 1.165) is 31.4 Å². The lowest BCUT2D eigenvalue weighted by molar-refractivity contribution is 0.0939. The molecule has 132 valence electrons. The van der Waals surface area contributed by atoms with E-state index in [0.29, 0.717) is 11.1 Å². The highest BCUT2D eigenvalue weighted by atomic mass is 16.2. The Morgan fingerprint density at radius 2 is 1.88 bits per heavy atom. The van der Waals surface area contributed by atoms with E-state index in [-0.39, 0.29) is 17.5 Å². The van der Waals surface area contributed by atoms with Gasteiger partial charge in [-0.15, -0.1) is 0 Å². The monoisotopic (exact) mass is 347 g/mol. The van der Waals surface area contributed by atoms with Crippen LogP contribution < -0.4 is 10.9 Å². The van der Waals surface area contributed by atoms with Crippen LogP contribution in [-0.2, 0) is 6.54 Å². The second kappa shape index (κ2) is 7.14. The molecular formula is C21H21N3O2. The molecule has 1 unspecified atom stereocenters. The molecule has 5 heteroatoms. The van der Waals surface area contributed by atoms with Gasteiger partial charge >= 0.3 is 0 Å². The number of aromatic nitrogens is 1. The van der Waals surface area contributed by atoms with Crippen molar-refractivity contribution in [2.24, 2.45) is 0 Å². The number of hydrogen-bond donors (Lipinski definition) is 2. The minimum atomic E-state index is -0.258. The molecule has 1 aliphatic rings. The molecule has 26 heavy (non-hydrogen) atoms. The minimum Gasteiger partial charge on any atom is -0.348 e. The molecule has 2 aromatic carbocycles. The van der Waals surface area contributed by atoms with Crippen molar-refractivity contribution in [3.8, 4) is 0 Å². The molecule has 2 N–H and O–H groups in total. The van der Waals surface area contributed by atoms with Crippen LogP contribution in [-0.4, -0.2) is 34.9 Å². The Balaban J connectivity index is 1.45. The van der Waals surface area contributed by atoms with Crippen LogP contribution >= 0.6 is 0 Å². The molecule has 0 spiro atoms. The van der Waals surface area contributed by atoms with Gasteiger partial charge in [0.15, 0.2) is 0 Å². The number of fused-ring (bicyclic) bond motifs is 1. The normalized spacial score (nSPS) is 17.5. The fourth-order valence-electron chi connectivity index (χ4n) is 3.59. The molecule has 0 radical (unpaired) electrons. The molecule has 1 aromatic heterocycles. The molecule has 0 saturated carbocycles. The zero-order chi connectivity index (χ0) is 17.9. The number of pyridine rings is 1. The number of rotatable bonds is 4. The van der Waals surface area contributed by atoms with E-state index in [9.17, 15) is 9.59 Å². The zero-order valence-electron chi connectivity index (χ0n) is 14.4. The van der Waals surface area contributed by atoms with Gasteiger partial charge in [-0.1, -0.05) is 48.5 Å². The lowest BCUT2D eigenvalue weighted by Crippen LogP contribution is -2.37. The number of carbonyl (C=O) groups excluding carboxylic acids is 1. The molecule has 0 aliphatic carbocycles. The van der Waals surface area contributed by atoms with Gasteiger partial charge in [-0.05, 0) is 18.1 Å². The summed E-state index contributed by atoms with van der Waals surface area (Å²) >= 11 is 0. The van der Waals surface area contributed by atoms with Crippen molar-refractivity contribution < 1.29 is 4.79 Å². The van der Waals surface area contributed by atoms with E-state index in [1.54, 1.807) is 0 Å². The first-order valence-electron chi connectivity index (χ1n) is 8.88. The predicted octanol–water partition coefficient (Wildman–Crippen LogP) is 2.53. The number of benzene rings is 2. The van der Waals surface area contributed by atoms with Gasteiger partial charge in [0.2, 0.25) is 5.56 Å². The first-order valence-corrected chi connectivity index (χ1v) is 8.88. The highest BCUT2D eigenvalue weighted by Crippen LogP contribution is 2.17. The lowest BCUT2D eigenvalue weighted by Gasteiger charge is -2.17. The van der Waals surface area contributed by atoms with Gasteiger partial charge in [0.1, 0.15) is 0 Å². The zero-order valence-corrected chi connectivity index (χ0v) is 14.4. The summed E-state index contributed by atoms with van der Waals surface area (Å²) in [5, 5.41) is 3.86. The summed E-state index contributed by atoms with van der Waals surface area (Å²) in [5.74, 6) is -0.182. The molecule has 0 bridgehead atoms. The first-order chi connectivity index (χ1) is 12.7. The quantitative estimate of drug-likeness (QED) is 0.762. The summed E-state index contributed by atoms with van der Waals surface area (Å²) < 4.78 is 0. The van der Waals surface area contributed by atoms with Crippen molar-refractivity contribution in [1.82, 2.24) is 15.2 Å². The lowest BCUT2D eigenvalue weighted by atomic mass is 10.1. The Hall–Kier alpha value is -2.92. The SMILES string of the molecule is O=C(NC1CCN(Cc2ccccc2)C1)c1cc(=O)[nH]c2ccccc12. The maximum absolute atomic E-state index is 12.7. The van der Waals surface area contributed by atoms with Crippen LogP contribution in [0.2, 0.25) is 0 Å². The Kier molecular flexibility index (Phi) is 4.54. The van der Waals surface area contributed by atoms with E-state index >= 15 is 0 Å². The summed E-state index contributed by atoms with van der Waals surface area (Å²) in [6.45, 7) is 2.67. The molecule has 1 amide bonds. The molecule has 1 fully saturated rings. The number of nitrogens with one attached hydrogen (secondary N) is 2. The Labute approximate surface area is 151 Å². The summed E-state index contributed by atoms with van der Waals surface area (Å²) in [5.41, 5.74) is 2.14. The van der Waals surface area contributed by atoms with Crippen molar-refractivity contribution >= 4 is 16.8 Å². The number of aromatic amines is 1. The number of amides is 1. The number of para-hydroxylation sites is 1. The van der Waals surface area contributed by atoms with Gasteiger partial charge < -0.3 is 10.3 Å². The van der Waals surface area contributed by atoms with Gasteiger partial charge in [-0.25, -0.2) is 0 Å². The average Bonchev–Trinajstić information content (AvgIpc) is 3.08. The third-order valence-electron chi connectivity index (χ3n) is 4.85. The van der Waals surface area contributed by atoms with E-state index in [4.69, 9.17) is 0 Å². The maximum Gasteiger partial charge on any atom is 0.252 e.